The topological polar surface area (TPSA) is 66.5 Å². The smallest absolute Gasteiger partial charge is 0.205 e. The van der Waals surface area contributed by atoms with Crippen LogP contribution in [0.5, 0.6) is 0 Å². The highest BCUT2D eigenvalue weighted by Crippen LogP contribution is 2.24. The summed E-state index contributed by atoms with van der Waals surface area (Å²) in [4.78, 5) is 6.54. The summed E-state index contributed by atoms with van der Waals surface area (Å²) in [6, 6.07) is 6.44. The van der Waals surface area contributed by atoms with Gasteiger partial charge in [-0.3, -0.25) is 5.43 Å². The molecule has 1 saturated heterocycles. The zero-order chi connectivity index (χ0) is 14.7. The molecule has 3 N–H and O–H groups in total. The zero-order valence-corrected chi connectivity index (χ0v) is 12.9. The molecule has 5 nitrogen and oxygen atoms in total. The third kappa shape index (κ3) is 3.33. The van der Waals surface area contributed by atoms with Gasteiger partial charge in [0.1, 0.15) is 5.82 Å². The maximum Gasteiger partial charge on any atom is 0.205 e. The summed E-state index contributed by atoms with van der Waals surface area (Å²) in [7, 11) is 0. The van der Waals surface area contributed by atoms with Crippen LogP contribution in [0.2, 0.25) is 0 Å². The van der Waals surface area contributed by atoms with Gasteiger partial charge < -0.3 is 10.6 Å². The fourth-order valence-electron chi connectivity index (χ4n) is 2.57. The SMILES string of the molecule is Cc1cc(C=NNc2nc(N)cs2)ccc1N1CCCC1. The largest absolute Gasteiger partial charge is 0.383 e. The molecule has 0 amide bonds. The van der Waals surface area contributed by atoms with Crippen molar-refractivity contribution < 1.29 is 0 Å². The molecule has 1 aliphatic rings. The molecule has 0 atom stereocenters. The molecule has 0 saturated carbocycles. The zero-order valence-electron chi connectivity index (χ0n) is 12.0. The van der Waals surface area contributed by atoms with Gasteiger partial charge in [-0.05, 0) is 43.0 Å². The quantitative estimate of drug-likeness (QED) is 0.673. The number of hydrogen-bond acceptors (Lipinski definition) is 6. The first-order chi connectivity index (χ1) is 10.2. The van der Waals surface area contributed by atoms with Gasteiger partial charge in [-0.1, -0.05) is 6.07 Å². The summed E-state index contributed by atoms with van der Waals surface area (Å²) < 4.78 is 0. The standard InChI is InChI=1S/C15H19N5S/c1-11-8-12(4-5-13(11)20-6-2-3-7-20)9-17-19-15-18-14(16)10-21-15/h4-5,8-10H,2-3,6-7,16H2,1H3,(H,18,19). The van der Waals surface area contributed by atoms with E-state index in [1.807, 2.05) is 0 Å². The highest BCUT2D eigenvalue weighted by atomic mass is 32.1. The van der Waals surface area contributed by atoms with Crippen LogP contribution < -0.4 is 16.1 Å². The number of rotatable bonds is 4. The second-order valence-corrected chi connectivity index (χ2v) is 6.05. The van der Waals surface area contributed by atoms with Crippen LogP contribution in [0.3, 0.4) is 0 Å². The molecule has 0 bridgehead atoms. The van der Waals surface area contributed by atoms with E-state index in [1.54, 1.807) is 11.6 Å². The molecular weight excluding hydrogens is 282 g/mol. The van der Waals surface area contributed by atoms with Crippen LogP contribution in [0.1, 0.15) is 24.0 Å². The molecule has 110 valence electrons. The van der Waals surface area contributed by atoms with Crippen molar-refractivity contribution in [2.24, 2.45) is 5.10 Å². The summed E-state index contributed by atoms with van der Waals surface area (Å²) in [5.41, 5.74) is 12.2. The Morgan fingerprint density at radius 1 is 1.38 bits per heavy atom. The Kier molecular flexibility index (Phi) is 4.06. The van der Waals surface area contributed by atoms with E-state index in [1.165, 1.54) is 48.5 Å². The van der Waals surface area contributed by atoms with Crippen LogP contribution >= 0.6 is 11.3 Å². The van der Waals surface area contributed by atoms with Crippen molar-refractivity contribution in [3.8, 4) is 0 Å². The molecule has 3 rings (SSSR count). The van der Waals surface area contributed by atoms with Crippen LogP contribution in [-0.4, -0.2) is 24.3 Å². The van der Waals surface area contributed by atoms with Crippen LogP contribution in [-0.2, 0) is 0 Å². The van der Waals surface area contributed by atoms with Gasteiger partial charge in [-0.2, -0.15) is 5.10 Å². The van der Waals surface area contributed by atoms with Crippen molar-refractivity contribution >= 4 is 34.2 Å². The number of nitrogens with two attached hydrogens (primary N) is 1. The number of anilines is 3. The lowest BCUT2D eigenvalue weighted by atomic mass is 10.1. The lowest BCUT2D eigenvalue weighted by Gasteiger charge is -2.20. The van der Waals surface area contributed by atoms with Crippen molar-refractivity contribution in [1.82, 2.24) is 4.98 Å². The number of nitrogens with zero attached hydrogens (tertiary/aromatic N) is 3. The summed E-state index contributed by atoms with van der Waals surface area (Å²) >= 11 is 1.44. The molecule has 1 aliphatic heterocycles. The fourth-order valence-corrected chi connectivity index (χ4v) is 3.12. The minimum absolute atomic E-state index is 0.517. The normalized spacial score (nSPS) is 15.0. The van der Waals surface area contributed by atoms with E-state index in [-0.39, 0.29) is 0 Å². The Bertz CT molecular complexity index is 643. The first-order valence-electron chi connectivity index (χ1n) is 7.08. The van der Waals surface area contributed by atoms with E-state index in [9.17, 15) is 0 Å². The van der Waals surface area contributed by atoms with E-state index in [0.29, 0.717) is 10.9 Å². The van der Waals surface area contributed by atoms with Crippen molar-refractivity contribution in [2.45, 2.75) is 19.8 Å². The third-order valence-corrected chi connectivity index (χ3v) is 4.33. The van der Waals surface area contributed by atoms with Gasteiger partial charge in [0.15, 0.2) is 0 Å². The molecule has 2 heterocycles. The van der Waals surface area contributed by atoms with Gasteiger partial charge in [0.05, 0.1) is 6.21 Å². The average molecular weight is 301 g/mol. The van der Waals surface area contributed by atoms with E-state index in [4.69, 9.17) is 5.73 Å². The van der Waals surface area contributed by atoms with Crippen molar-refractivity contribution in [3.05, 3.63) is 34.7 Å². The highest BCUT2D eigenvalue weighted by molar-refractivity contribution is 7.14. The molecule has 2 aromatic rings. The third-order valence-electron chi connectivity index (χ3n) is 3.56. The van der Waals surface area contributed by atoms with Crippen LogP contribution in [0.25, 0.3) is 0 Å². The number of benzene rings is 1. The Morgan fingerprint density at radius 3 is 2.86 bits per heavy atom. The van der Waals surface area contributed by atoms with E-state index < -0.39 is 0 Å². The van der Waals surface area contributed by atoms with E-state index >= 15 is 0 Å². The average Bonchev–Trinajstić information content (AvgIpc) is 3.11. The van der Waals surface area contributed by atoms with Gasteiger partial charge in [-0.15, -0.1) is 11.3 Å². The highest BCUT2D eigenvalue weighted by Gasteiger charge is 2.13. The molecule has 1 aromatic carbocycles. The van der Waals surface area contributed by atoms with Crippen LogP contribution in [0.4, 0.5) is 16.6 Å². The maximum atomic E-state index is 5.56. The van der Waals surface area contributed by atoms with Crippen molar-refractivity contribution in [1.29, 1.82) is 0 Å². The number of aryl methyl sites for hydroxylation is 1. The molecule has 6 heteroatoms. The number of nitrogens with one attached hydrogen (secondary N) is 1. The summed E-state index contributed by atoms with van der Waals surface area (Å²) in [6.45, 7) is 4.49. The van der Waals surface area contributed by atoms with Crippen molar-refractivity contribution in [3.63, 3.8) is 0 Å². The monoisotopic (exact) mass is 301 g/mol. The minimum Gasteiger partial charge on any atom is -0.383 e. The van der Waals surface area contributed by atoms with Crippen LogP contribution in [0, 0.1) is 6.92 Å². The van der Waals surface area contributed by atoms with Gasteiger partial charge >= 0.3 is 0 Å². The second-order valence-electron chi connectivity index (χ2n) is 5.19. The fraction of sp³-hybridized carbons (Fsp3) is 0.333. The first-order valence-corrected chi connectivity index (χ1v) is 7.96. The molecule has 0 radical (unpaired) electrons. The summed E-state index contributed by atoms with van der Waals surface area (Å²) in [6.07, 6.45) is 4.39. The predicted molar refractivity (Wildman–Crippen MR) is 90.4 cm³/mol. The number of nitrogen functional groups attached to an aromatic ring is 1. The Labute approximate surface area is 128 Å². The Morgan fingerprint density at radius 2 is 2.19 bits per heavy atom. The van der Waals surface area contributed by atoms with E-state index in [0.717, 1.165) is 5.56 Å². The predicted octanol–water partition coefficient (Wildman–Crippen LogP) is 3.08. The lowest BCUT2D eigenvalue weighted by Crippen LogP contribution is -2.18. The van der Waals surface area contributed by atoms with Gasteiger partial charge in [0, 0.05) is 24.2 Å². The van der Waals surface area contributed by atoms with E-state index in [2.05, 4.69) is 45.5 Å². The molecule has 1 fully saturated rings. The molecule has 21 heavy (non-hydrogen) atoms. The Balaban J connectivity index is 1.67. The lowest BCUT2D eigenvalue weighted by molar-refractivity contribution is 0.949. The minimum atomic E-state index is 0.517. The van der Waals surface area contributed by atoms with Crippen LogP contribution in [0.15, 0.2) is 28.7 Å². The van der Waals surface area contributed by atoms with Crippen molar-refractivity contribution in [2.75, 3.05) is 29.1 Å². The summed E-state index contributed by atoms with van der Waals surface area (Å²) in [5, 5.41) is 6.68. The second kappa shape index (κ2) is 6.13. The number of hydrogen-bond donors (Lipinski definition) is 2. The number of aromatic nitrogens is 1. The molecule has 0 aliphatic carbocycles. The molecule has 1 aromatic heterocycles. The van der Waals surface area contributed by atoms with Gasteiger partial charge in [0.25, 0.3) is 0 Å². The molecule has 0 unspecified atom stereocenters. The number of thiazole rings is 1. The molecular formula is C15H19N5S. The van der Waals surface area contributed by atoms with Gasteiger partial charge in [-0.25, -0.2) is 4.98 Å². The maximum absolute atomic E-state index is 5.56. The Hall–Kier alpha value is -2.08. The first kappa shape index (κ1) is 13.9. The van der Waals surface area contributed by atoms with Gasteiger partial charge in [0.2, 0.25) is 5.13 Å². The molecule has 0 spiro atoms. The number of hydrazone groups is 1. The summed E-state index contributed by atoms with van der Waals surface area (Å²) in [5.74, 6) is 0.517.